The van der Waals surface area contributed by atoms with Crippen LogP contribution in [0.15, 0.2) is 18.3 Å². The number of carbonyl (C=O) groups excluding carboxylic acids is 1. The summed E-state index contributed by atoms with van der Waals surface area (Å²) >= 11 is 0. The van der Waals surface area contributed by atoms with Gasteiger partial charge in [-0.1, -0.05) is 25.7 Å². The van der Waals surface area contributed by atoms with Crippen LogP contribution in [0.25, 0.3) is 0 Å². The first-order valence-electron chi connectivity index (χ1n) is 9.15. The van der Waals surface area contributed by atoms with E-state index in [9.17, 15) is 13.2 Å². The molecule has 2 aliphatic rings. The Morgan fingerprint density at radius 1 is 1.20 bits per heavy atom. The number of aromatic nitrogens is 1. The largest absolute Gasteiger partial charge is 0.382 e. The smallest absolute Gasteiger partial charge is 0.272 e. The van der Waals surface area contributed by atoms with Gasteiger partial charge in [-0.05, 0) is 31.4 Å². The molecule has 1 amide bonds. The summed E-state index contributed by atoms with van der Waals surface area (Å²) in [6.07, 6.45) is 9.55. The molecule has 1 saturated carbocycles. The van der Waals surface area contributed by atoms with Crippen molar-refractivity contribution in [3.05, 3.63) is 24.0 Å². The summed E-state index contributed by atoms with van der Waals surface area (Å²) in [6.45, 7) is 0. The van der Waals surface area contributed by atoms with Crippen molar-refractivity contribution in [2.75, 3.05) is 23.9 Å². The van der Waals surface area contributed by atoms with Gasteiger partial charge in [-0.15, -0.1) is 0 Å². The number of nitrogens with zero attached hydrogens (tertiary/aromatic N) is 2. The predicted molar refractivity (Wildman–Crippen MR) is 98.5 cm³/mol. The lowest BCUT2D eigenvalue weighted by Crippen LogP contribution is -2.38. The Labute approximate surface area is 149 Å². The summed E-state index contributed by atoms with van der Waals surface area (Å²) < 4.78 is 23.3. The minimum atomic E-state index is -3.01. The van der Waals surface area contributed by atoms with Crippen LogP contribution >= 0.6 is 0 Å². The third-order valence-electron chi connectivity index (χ3n) is 5.28. The highest BCUT2D eigenvalue weighted by Crippen LogP contribution is 2.22. The molecular formula is C18H27N3O3S. The normalized spacial score (nSPS) is 23.8. The van der Waals surface area contributed by atoms with Crippen LogP contribution in [0, 0.1) is 0 Å². The maximum absolute atomic E-state index is 12.7. The zero-order valence-electron chi connectivity index (χ0n) is 14.8. The first kappa shape index (κ1) is 18.2. The topological polar surface area (TPSA) is 79.4 Å². The zero-order valence-corrected chi connectivity index (χ0v) is 15.6. The van der Waals surface area contributed by atoms with E-state index in [1.807, 2.05) is 6.07 Å². The van der Waals surface area contributed by atoms with Gasteiger partial charge in [-0.25, -0.2) is 8.42 Å². The van der Waals surface area contributed by atoms with Crippen molar-refractivity contribution in [2.45, 2.75) is 57.0 Å². The molecule has 3 rings (SSSR count). The van der Waals surface area contributed by atoms with Gasteiger partial charge in [-0.3, -0.25) is 9.78 Å². The predicted octanol–water partition coefficient (Wildman–Crippen LogP) is 2.48. The van der Waals surface area contributed by atoms with Crippen LogP contribution in [-0.4, -0.2) is 54.8 Å². The van der Waals surface area contributed by atoms with E-state index in [0.29, 0.717) is 18.2 Å². The van der Waals surface area contributed by atoms with Gasteiger partial charge in [0.15, 0.2) is 9.84 Å². The average molecular weight is 365 g/mol. The molecule has 1 aromatic rings. The molecule has 2 fully saturated rings. The Kier molecular flexibility index (Phi) is 5.61. The maximum Gasteiger partial charge on any atom is 0.272 e. The Bertz CT molecular complexity index is 712. The van der Waals surface area contributed by atoms with E-state index in [4.69, 9.17) is 0 Å². The number of hydrogen-bond donors (Lipinski definition) is 1. The number of hydrogen-bond acceptors (Lipinski definition) is 5. The van der Waals surface area contributed by atoms with Crippen molar-refractivity contribution in [3.8, 4) is 0 Å². The van der Waals surface area contributed by atoms with Crippen LogP contribution < -0.4 is 5.32 Å². The monoisotopic (exact) mass is 365 g/mol. The summed E-state index contributed by atoms with van der Waals surface area (Å²) in [5.74, 6) is -0.00653. The van der Waals surface area contributed by atoms with Crippen LogP contribution in [-0.2, 0) is 9.84 Å². The molecule has 1 atom stereocenters. The summed E-state index contributed by atoms with van der Waals surface area (Å²) in [4.78, 5) is 18.4. The quantitative estimate of drug-likeness (QED) is 0.829. The van der Waals surface area contributed by atoms with Gasteiger partial charge in [0.2, 0.25) is 0 Å². The first-order valence-corrected chi connectivity index (χ1v) is 11.0. The fraction of sp³-hybridized carbons (Fsp3) is 0.667. The fourth-order valence-corrected chi connectivity index (χ4v) is 5.50. The van der Waals surface area contributed by atoms with Crippen LogP contribution in [0.1, 0.15) is 55.4 Å². The first-order chi connectivity index (χ1) is 11.9. The molecule has 1 aliphatic carbocycles. The van der Waals surface area contributed by atoms with Crippen LogP contribution in [0.2, 0.25) is 0 Å². The minimum absolute atomic E-state index is 0.0508. The lowest BCUT2D eigenvalue weighted by molar-refractivity contribution is 0.0742. The van der Waals surface area contributed by atoms with E-state index in [1.165, 1.54) is 30.6 Å². The molecule has 6 nitrogen and oxygen atoms in total. The van der Waals surface area contributed by atoms with Gasteiger partial charge < -0.3 is 10.2 Å². The molecule has 2 heterocycles. The highest BCUT2D eigenvalue weighted by Gasteiger charge is 2.33. The highest BCUT2D eigenvalue weighted by atomic mass is 32.2. The van der Waals surface area contributed by atoms with Crippen LogP contribution in [0.4, 0.5) is 5.69 Å². The molecule has 0 aromatic carbocycles. The van der Waals surface area contributed by atoms with E-state index < -0.39 is 9.84 Å². The second-order valence-corrected chi connectivity index (χ2v) is 9.46. The summed E-state index contributed by atoms with van der Waals surface area (Å²) in [7, 11) is -1.35. The second kappa shape index (κ2) is 7.72. The fourth-order valence-electron chi connectivity index (χ4n) is 3.72. The second-order valence-electron chi connectivity index (χ2n) is 7.24. The minimum Gasteiger partial charge on any atom is -0.382 e. The molecule has 1 saturated heterocycles. The number of carbonyl (C=O) groups is 1. The number of rotatable bonds is 4. The van der Waals surface area contributed by atoms with Crippen molar-refractivity contribution in [1.29, 1.82) is 0 Å². The molecule has 0 radical (unpaired) electrons. The number of anilines is 1. The number of nitrogens with one attached hydrogen (secondary N) is 1. The van der Waals surface area contributed by atoms with Crippen molar-refractivity contribution < 1.29 is 13.2 Å². The molecule has 1 unspecified atom stereocenters. The highest BCUT2D eigenvalue weighted by molar-refractivity contribution is 7.91. The van der Waals surface area contributed by atoms with E-state index >= 15 is 0 Å². The SMILES string of the molecule is CN(C(=O)c1cc(NC2CCCCCC2)ccn1)C1CCS(=O)(=O)C1. The van der Waals surface area contributed by atoms with Crippen LogP contribution in [0.3, 0.4) is 0 Å². The summed E-state index contributed by atoms with van der Waals surface area (Å²) in [5, 5.41) is 3.53. The van der Waals surface area contributed by atoms with E-state index in [-0.39, 0.29) is 23.5 Å². The molecule has 1 aromatic heterocycles. The molecule has 7 heteroatoms. The Morgan fingerprint density at radius 3 is 2.56 bits per heavy atom. The van der Waals surface area contributed by atoms with Crippen molar-refractivity contribution in [1.82, 2.24) is 9.88 Å². The van der Waals surface area contributed by atoms with E-state index in [0.717, 1.165) is 18.5 Å². The van der Waals surface area contributed by atoms with Crippen molar-refractivity contribution in [2.24, 2.45) is 0 Å². The third-order valence-corrected chi connectivity index (χ3v) is 7.03. The van der Waals surface area contributed by atoms with Crippen LogP contribution in [0.5, 0.6) is 0 Å². The molecule has 25 heavy (non-hydrogen) atoms. The Morgan fingerprint density at radius 2 is 1.92 bits per heavy atom. The molecule has 0 bridgehead atoms. The third kappa shape index (κ3) is 4.71. The van der Waals surface area contributed by atoms with Gasteiger partial charge in [-0.2, -0.15) is 0 Å². The number of amides is 1. The van der Waals surface area contributed by atoms with E-state index in [2.05, 4.69) is 10.3 Å². The van der Waals surface area contributed by atoms with Gasteiger partial charge in [0.1, 0.15) is 5.69 Å². The Balaban J connectivity index is 1.66. The number of pyridine rings is 1. The lowest BCUT2D eigenvalue weighted by Gasteiger charge is -2.23. The zero-order chi connectivity index (χ0) is 17.9. The van der Waals surface area contributed by atoms with Gasteiger partial charge >= 0.3 is 0 Å². The number of sulfone groups is 1. The van der Waals surface area contributed by atoms with Gasteiger partial charge in [0.05, 0.1) is 11.5 Å². The lowest BCUT2D eigenvalue weighted by atomic mass is 10.1. The molecule has 1 aliphatic heterocycles. The standard InChI is InChI=1S/C18H27N3O3S/c1-21(16-9-11-25(23,24)13-16)18(22)17-12-15(8-10-19-17)20-14-6-4-2-3-5-7-14/h8,10,12,14,16H,2-7,9,11,13H2,1H3,(H,19,20). The average Bonchev–Trinajstić information content (AvgIpc) is 2.79. The van der Waals surface area contributed by atoms with Crippen molar-refractivity contribution in [3.63, 3.8) is 0 Å². The molecular weight excluding hydrogens is 338 g/mol. The molecule has 138 valence electrons. The summed E-state index contributed by atoms with van der Waals surface area (Å²) in [5.41, 5.74) is 1.28. The molecule has 1 N–H and O–H groups in total. The van der Waals surface area contributed by atoms with Gasteiger partial charge in [0.25, 0.3) is 5.91 Å². The maximum atomic E-state index is 12.7. The van der Waals surface area contributed by atoms with Crippen molar-refractivity contribution >= 4 is 21.4 Å². The summed E-state index contributed by atoms with van der Waals surface area (Å²) in [6, 6.07) is 3.87. The van der Waals surface area contributed by atoms with Gasteiger partial charge in [0, 0.05) is 31.0 Å². The van der Waals surface area contributed by atoms with E-state index in [1.54, 1.807) is 19.3 Å². The Hall–Kier alpha value is -1.63. The molecule has 0 spiro atoms.